The molecule has 3 heterocycles. The summed E-state index contributed by atoms with van der Waals surface area (Å²) < 4.78 is 1.53. The summed E-state index contributed by atoms with van der Waals surface area (Å²) in [5, 5.41) is 14.2. The van der Waals surface area contributed by atoms with E-state index in [1.807, 2.05) is 10.3 Å². The Morgan fingerprint density at radius 2 is 2.00 bits per heavy atom. The first-order chi connectivity index (χ1) is 15.5. The maximum atomic E-state index is 12.8. The van der Waals surface area contributed by atoms with Gasteiger partial charge in [-0.25, -0.2) is 4.98 Å². The Labute approximate surface area is 192 Å². The van der Waals surface area contributed by atoms with E-state index in [9.17, 15) is 19.7 Å². The molecule has 0 saturated carbocycles. The molecule has 32 heavy (non-hydrogen) atoms. The highest BCUT2D eigenvalue weighted by molar-refractivity contribution is 7.99. The number of hydrogen-bond donors (Lipinski definition) is 0. The number of benzene rings is 1. The fourth-order valence-corrected chi connectivity index (χ4v) is 5.35. The zero-order valence-corrected chi connectivity index (χ0v) is 18.8. The minimum absolute atomic E-state index is 0.0529. The molecule has 2 aromatic heterocycles. The molecular weight excluding hydrogens is 450 g/mol. The quantitative estimate of drug-likeness (QED) is 0.172. The number of piperazine rings is 1. The molecule has 9 nitrogen and oxygen atoms in total. The van der Waals surface area contributed by atoms with Gasteiger partial charge in [0.25, 0.3) is 11.2 Å². The first-order valence-corrected chi connectivity index (χ1v) is 11.8. The van der Waals surface area contributed by atoms with Crippen LogP contribution in [-0.2, 0) is 11.3 Å². The van der Waals surface area contributed by atoms with Crippen molar-refractivity contribution in [1.29, 1.82) is 0 Å². The SMILES string of the molecule is C=CCn1c(SCC(=O)N2CCN(c3ccccc3[N+](=O)[O-])CC2)nc2sccc2c1=O. The summed E-state index contributed by atoms with van der Waals surface area (Å²) in [6.07, 6.45) is 1.63. The molecule has 1 aliphatic rings. The van der Waals surface area contributed by atoms with Crippen LogP contribution >= 0.6 is 23.1 Å². The highest BCUT2D eigenvalue weighted by Gasteiger charge is 2.25. The second-order valence-electron chi connectivity index (χ2n) is 7.14. The van der Waals surface area contributed by atoms with Gasteiger partial charge in [-0.1, -0.05) is 30.0 Å². The molecule has 0 radical (unpaired) electrons. The summed E-state index contributed by atoms with van der Waals surface area (Å²) in [5.74, 6) is 0.106. The van der Waals surface area contributed by atoms with Crippen LogP contribution in [0.25, 0.3) is 10.2 Å². The lowest BCUT2D eigenvalue weighted by Gasteiger charge is -2.35. The molecule has 1 saturated heterocycles. The highest BCUT2D eigenvalue weighted by atomic mass is 32.2. The van der Waals surface area contributed by atoms with E-state index >= 15 is 0 Å². The molecule has 3 aromatic rings. The summed E-state index contributed by atoms with van der Waals surface area (Å²) in [4.78, 5) is 45.3. The zero-order valence-electron chi connectivity index (χ0n) is 17.2. The van der Waals surface area contributed by atoms with Gasteiger partial charge in [0, 0.05) is 38.8 Å². The van der Waals surface area contributed by atoms with Crippen molar-refractivity contribution in [3.8, 4) is 0 Å². The van der Waals surface area contributed by atoms with Gasteiger partial charge in [-0.2, -0.15) is 0 Å². The molecule has 1 fully saturated rings. The Hall–Kier alpha value is -3.18. The second kappa shape index (κ2) is 9.53. The van der Waals surface area contributed by atoms with E-state index in [1.54, 1.807) is 35.2 Å². The summed E-state index contributed by atoms with van der Waals surface area (Å²) in [6.45, 7) is 6.01. The number of amides is 1. The molecule has 0 N–H and O–H groups in total. The standard InChI is InChI=1S/C21H21N5O4S2/c1-2-8-25-20(28)15-7-13-31-19(15)22-21(25)32-14-18(27)24-11-9-23(10-12-24)16-5-3-4-6-17(16)26(29)30/h2-7,13H,1,8-12,14H2. The lowest BCUT2D eigenvalue weighted by Crippen LogP contribution is -2.49. The Morgan fingerprint density at radius 1 is 1.25 bits per heavy atom. The van der Waals surface area contributed by atoms with Crippen LogP contribution in [-0.4, -0.2) is 57.2 Å². The van der Waals surface area contributed by atoms with Gasteiger partial charge in [-0.15, -0.1) is 17.9 Å². The van der Waals surface area contributed by atoms with Gasteiger partial charge in [-0.05, 0) is 17.5 Å². The predicted molar refractivity (Wildman–Crippen MR) is 127 cm³/mol. The third-order valence-corrected chi connectivity index (χ3v) is 7.00. The minimum atomic E-state index is -0.385. The Balaban J connectivity index is 1.41. The Kier molecular flexibility index (Phi) is 6.56. The number of aromatic nitrogens is 2. The number of nitrogens with zero attached hydrogens (tertiary/aromatic N) is 5. The van der Waals surface area contributed by atoms with E-state index in [1.165, 1.54) is 33.7 Å². The molecule has 1 amide bonds. The molecule has 166 valence electrons. The average molecular weight is 472 g/mol. The molecule has 1 aliphatic heterocycles. The van der Waals surface area contributed by atoms with Crippen molar-refractivity contribution in [3.05, 3.63) is 68.8 Å². The van der Waals surface area contributed by atoms with Crippen LogP contribution in [0.3, 0.4) is 0 Å². The number of hydrogen-bond acceptors (Lipinski definition) is 8. The Morgan fingerprint density at radius 3 is 2.72 bits per heavy atom. The number of allylic oxidation sites excluding steroid dienone is 1. The number of nitro benzene ring substituents is 1. The highest BCUT2D eigenvalue weighted by Crippen LogP contribution is 2.28. The van der Waals surface area contributed by atoms with Crippen LogP contribution in [0.4, 0.5) is 11.4 Å². The molecular formula is C21H21N5O4S2. The number of para-hydroxylation sites is 2. The molecule has 0 spiro atoms. The van der Waals surface area contributed by atoms with Gasteiger partial charge in [0.15, 0.2) is 5.16 Å². The number of nitro groups is 1. The summed E-state index contributed by atoms with van der Waals surface area (Å²) in [6, 6.07) is 8.40. The first kappa shape index (κ1) is 22.0. The van der Waals surface area contributed by atoms with Crippen LogP contribution in [0, 0.1) is 10.1 Å². The molecule has 1 aromatic carbocycles. The lowest BCUT2D eigenvalue weighted by molar-refractivity contribution is -0.384. The number of thiophene rings is 1. The number of anilines is 1. The van der Waals surface area contributed by atoms with Crippen molar-refractivity contribution in [2.24, 2.45) is 0 Å². The Bertz CT molecular complexity index is 1230. The molecule has 0 aliphatic carbocycles. The van der Waals surface area contributed by atoms with Crippen molar-refractivity contribution in [2.75, 3.05) is 36.8 Å². The van der Waals surface area contributed by atoms with Crippen LogP contribution in [0.15, 0.2) is 58.3 Å². The average Bonchev–Trinajstić information content (AvgIpc) is 3.28. The van der Waals surface area contributed by atoms with Crippen molar-refractivity contribution in [3.63, 3.8) is 0 Å². The van der Waals surface area contributed by atoms with Gasteiger partial charge in [0.05, 0.1) is 16.1 Å². The minimum Gasteiger partial charge on any atom is -0.362 e. The van der Waals surface area contributed by atoms with Gasteiger partial charge in [-0.3, -0.25) is 24.3 Å². The zero-order chi connectivity index (χ0) is 22.7. The van der Waals surface area contributed by atoms with Gasteiger partial charge < -0.3 is 9.80 Å². The number of thioether (sulfide) groups is 1. The summed E-state index contributed by atoms with van der Waals surface area (Å²) in [7, 11) is 0. The molecule has 4 rings (SSSR count). The molecule has 11 heteroatoms. The van der Waals surface area contributed by atoms with Crippen LogP contribution in [0.1, 0.15) is 0 Å². The monoisotopic (exact) mass is 471 g/mol. The van der Waals surface area contributed by atoms with Gasteiger partial charge in [0.2, 0.25) is 5.91 Å². The van der Waals surface area contributed by atoms with E-state index in [0.717, 1.165) is 0 Å². The normalized spacial score (nSPS) is 14.0. The van der Waals surface area contributed by atoms with Crippen LogP contribution in [0.5, 0.6) is 0 Å². The first-order valence-electron chi connectivity index (χ1n) is 9.97. The van der Waals surface area contributed by atoms with Crippen molar-refractivity contribution in [2.45, 2.75) is 11.7 Å². The van der Waals surface area contributed by atoms with Crippen LogP contribution in [0.2, 0.25) is 0 Å². The topological polar surface area (TPSA) is 102 Å². The second-order valence-corrected chi connectivity index (χ2v) is 8.98. The maximum Gasteiger partial charge on any atom is 0.292 e. The van der Waals surface area contributed by atoms with E-state index in [4.69, 9.17) is 0 Å². The van der Waals surface area contributed by atoms with E-state index in [-0.39, 0.29) is 27.8 Å². The van der Waals surface area contributed by atoms with Gasteiger partial charge in [0.1, 0.15) is 10.5 Å². The lowest BCUT2D eigenvalue weighted by atomic mass is 10.2. The fraction of sp³-hybridized carbons (Fsp3) is 0.286. The van der Waals surface area contributed by atoms with Crippen molar-refractivity contribution < 1.29 is 9.72 Å². The smallest absolute Gasteiger partial charge is 0.292 e. The number of carbonyl (C=O) groups is 1. The van der Waals surface area contributed by atoms with Crippen molar-refractivity contribution in [1.82, 2.24) is 14.5 Å². The molecule has 0 atom stereocenters. The van der Waals surface area contributed by atoms with E-state index in [0.29, 0.717) is 53.8 Å². The third kappa shape index (κ3) is 4.39. The summed E-state index contributed by atoms with van der Waals surface area (Å²) in [5.41, 5.74) is 0.503. The maximum absolute atomic E-state index is 12.8. The fourth-order valence-electron chi connectivity index (χ4n) is 3.63. The van der Waals surface area contributed by atoms with Gasteiger partial charge >= 0.3 is 0 Å². The summed E-state index contributed by atoms with van der Waals surface area (Å²) >= 11 is 2.63. The largest absolute Gasteiger partial charge is 0.362 e. The number of carbonyl (C=O) groups excluding carboxylic acids is 1. The molecule has 0 unspecified atom stereocenters. The number of fused-ring (bicyclic) bond motifs is 1. The van der Waals surface area contributed by atoms with E-state index < -0.39 is 0 Å². The predicted octanol–water partition coefficient (Wildman–Crippen LogP) is 2.99. The van der Waals surface area contributed by atoms with Crippen LogP contribution < -0.4 is 10.5 Å². The van der Waals surface area contributed by atoms with Crippen molar-refractivity contribution >= 4 is 50.6 Å². The van der Waals surface area contributed by atoms with E-state index in [2.05, 4.69) is 11.6 Å². The number of rotatable bonds is 7. The third-order valence-electron chi connectivity index (χ3n) is 5.24. The molecule has 0 bridgehead atoms.